The number of hydrogen-bond donors (Lipinski definition) is 2. The molecule has 0 unspecified atom stereocenters. The average molecular weight is 294 g/mol. The van der Waals surface area contributed by atoms with E-state index in [1.807, 2.05) is 43.3 Å². The largest absolute Gasteiger partial charge is 0.493 e. The number of aliphatic hydroxyl groups excluding tert-OH is 1. The van der Waals surface area contributed by atoms with Gasteiger partial charge in [-0.15, -0.1) is 0 Å². The van der Waals surface area contributed by atoms with Gasteiger partial charge in [-0.25, -0.2) is 0 Å². The molecule has 0 saturated heterocycles. The Morgan fingerprint density at radius 3 is 2.53 bits per heavy atom. The number of thioether (sulfide) groups is 1. The average Bonchev–Trinajstić information content (AvgIpc) is 2.39. The van der Waals surface area contributed by atoms with E-state index in [4.69, 9.17) is 18.0 Å². The zero-order valence-corrected chi connectivity index (χ0v) is 12.2. The van der Waals surface area contributed by atoms with Crippen LogP contribution in [0, 0.1) is 0 Å². The zero-order valence-electron chi connectivity index (χ0n) is 10.6. The molecule has 1 aliphatic heterocycles. The molecule has 0 aliphatic carbocycles. The van der Waals surface area contributed by atoms with Gasteiger partial charge in [0.15, 0.2) is 5.11 Å². The van der Waals surface area contributed by atoms with Crippen molar-refractivity contribution in [2.45, 2.75) is 0 Å². The molecule has 0 saturated carbocycles. The second-order valence-corrected chi connectivity index (χ2v) is 5.37. The minimum absolute atomic E-state index is 0.0106. The predicted octanol–water partition coefficient (Wildman–Crippen LogP) is 2.06. The third kappa shape index (κ3) is 2.99. The smallest absolute Gasteiger partial charge is 0.221 e. The number of rotatable bonds is 2. The molecule has 7 heteroatoms. The molecule has 1 aliphatic rings. The quantitative estimate of drug-likeness (QED) is 0.814. The van der Waals surface area contributed by atoms with Crippen LogP contribution in [-0.4, -0.2) is 34.4 Å². The molecule has 19 heavy (non-hydrogen) atoms. The molecule has 0 amide bonds. The molecule has 1 aromatic carbocycles. The van der Waals surface area contributed by atoms with Crippen LogP contribution in [0.15, 0.2) is 40.7 Å². The van der Waals surface area contributed by atoms with E-state index in [2.05, 4.69) is 5.10 Å². The molecule has 3 N–H and O–H groups in total. The van der Waals surface area contributed by atoms with Gasteiger partial charge in [0.25, 0.3) is 0 Å². The number of nitrogens with two attached hydrogens (primary N) is 1. The summed E-state index contributed by atoms with van der Waals surface area (Å²) in [6.45, 7) is 0. The Morgan fingerprint density at radius 2 is 2.00 bits per heavy atom. The van der Waals surface area contributed by atoms with Gasteiger partial charge >= 0.3 is 0 Å². The fourth-order valence-electron chi connectivity index (χ4n) is 1.51. The second kappa shape index (κ2) is 5.50. The SMILES string of the molecule is CN(C)c1ccc(C2=NN(C(N)=S)C(O)=CS2)cc1. The molecule has 5 nitrogen and oxygen atoms in total. The normalized spacial score (nSPS) is 14.7. The van der Waals surface area contributed by atoms with E-state index in [1.54, 1.807) is 5.41 Å². The first-order valence-electron chi connectivity index (χ1n) is 5.51. The monoisotopic (exact) mass is 294 g/mol. The van der Waals surface area contributed by atoms with Crippen LogP contribution in [0.3, 0.4) is 0 Å². The van der Waals surface area contributed by atoms with Gasteiger partial charge in [-0.05, 0) is 24.4 Å². The lowest BCUT2D eigenvalue weighted by molar-refractivity contribution is 0.283. The standard InChI is InChI=1S/C12H14N4OS2/c1-15(2)9-5-3-8(4-6-9)11-14-16(12(13)18)10(17)7-19-11/h3-7,17H,1-2H3,(H2,13,18). The van der Waals surface area contributed by atoms with Gasteiger partial charge in [-0.2, -0.15) is 10.1 Å². The van der Waals surface area contributed by atoms with Crippen molar-refractivity contribution in [2.24, 2.45) is 10.8 Å². The highest BCUT2D eigenvalue weighted by atomic mass is 32.2. The summed E-state index contributed by atoms with van der Waals surface area (Å²) >= 11 is 6.16. The summed E-state index contributed by atoms with van der Waals surface area (Å²) in [4.78, 5) is 2.02. The van der Waals surface area contributed by atoms with E-state index in [1.165, 1.54) is 11.8 Å². The maximum Gasteiger partial charge on any atom is 0.221 e. The third-order valence-corrected chi connectivity index (χ3v) is 3.57. The van der Waals surface area contributed by atoms with E-state index >= 15 is 0 Å². The Hall–Kier alpha value is -1.73. The zero-order chi connectivity index (χ0) is 14.0. The minimum atomic E-state index is -0.0637. The van der Waals surface area contributed by atoms with Crippen LogP contribution in [0.2, 0.25) is 0 Å². The van der Waals surface area contributed by atoms with Crippen molar-refractivity contribution in [3.8, 4) is 0 Å². The van der Waals surface area contributed by atoms with Gasteiger partial charge in [-0.3, -0.25) is 0 Å². The van der Waals surface area contributed by atoms with Crippen LogP contribution < -0.4 is 10.6 Å². The molecule has 0 radical (unpaired) electrons. The maximum atomic E-state index is 9.61. The summed E-state index contributed by atoms with van der Waals surface area (Å²) in [5.74, 6) is -0.0637. The highest BCUT2D eigenvalue weighted by Crippen LogP contribution is 2.24. The molecule has 0 aromatic heterocycles. The van der Waals surface area contributed by atoms with E-state index in [0.29, 0.717) is 0 Å². The summed E-state index contributed by atoms with van der Waals surface area (Å²) in [7, 11) is 3.97. The van der Waals surface area contributed by atoms with Crippen molar-refractivity contribution in [2.75, 3.05) is 19.0 Å². The van der Waals surface area contributed by atoms with E-state index < -0.39 is 0 Å². The van der Waals surface area contributed by atoms with Crippen LogP contribution in [-0.2, 0) is 0 Å². The van der Waals surface area contributed by atoms with E-state index in [9.17, 15) is 5.11 Å². The van der Waals surface area contributed by atoms with Crippen molar-refractivity contribution >= 4 is 39.8 Å². The fraction of sp³-hybridized carbons (Fsp3) is 0.167. The second-order valence-electron chi connectivity index (χ2n) is 4.09. The van der Waals surface area contributed by atoms with Gasteiger partial charge in [0.05, 0.1) is 0 Å². The number of thiocarbonyl (C=S) groups is 1. The Labute approximate surface area is 121 Å². The van der Waals surface area contributed by atoms with Gasteiger partial charge in [0.2, 0.25) is 5.88 Å². The molecule has 1 aromatic rings. The number of benzene rings is 1. The minimum Gasteiger partial charge on any atom is -0.493 e. The first-order valence-corrected chi connectivity index (χ1v) is 6.79. The first-order chi connectivity index (χ1) is 8.99. The van der Waals surface area contributed by atoms with Gasteiger partial charge in [0.1, 0.15) is 5.04 Å². The molecule has 1 heterocycles. The molecule has 0 atom stereocenters. The van der Waals surface area contributed by atoms with Crippen LogP contribution >= 0.6 is 24.0 Å². The summed E-state index contributed by atoms with van der Waals surface area (Å²) in [6.07, 6.45) is 0. The highest BCUT2D eigenvalue weighted by molar-refractivity contribution is 8.17. The van der Waals surface area contributed by atoms with E-state index in [0.717, 1.165) is 21.3 Å². The van der Waals surface area contributed by atoms with Crippen LogP contribution in [0.25, 0.3) is 0 Å². The van der Waals surface area contributed by atoms with Crippen LogP contribution in [0.4, 0.5) is 5.69 Å². The molecular weight excluding hydrogens is 280 g/mol. The number of nitrogens with zero attached hydrogens (tertiary/aromatic N) is 3. The van der Waals surface area contributed by atoms with Crippen molar-refractivity contribution in [1.29, 1.82) is 0 Å². The molecular formula is C12H14N4OS2. The van der Waals surface area contributed by atoms with Gasteiger partial charge < -0.3 is 15.7 Å². The molecule has 0 fully saturated rings. The fourth-order valence-corrected chi connectivity index (χ4v) is 2.37. The summed E-state index contributed by atoms with van der Waals surface area (Å²) < 4.78 is 0. The lowest BCUT2D eigenvalue weighted by atomic mass is 10.2. The Morgan fingerprint density at radius 1 is 1.37 bits per heavy atom. The lowest BCUT2D eigenvalue weighted by Crippen LogP contribution is -2.32. The highest BCUT2D eigenvalue weighted by Gasteiger charge is 2.18. The first kappa shape index (κ1) is 13.7. The molecule has 0 bridgehead atoms. The van der Waals surface area contributed by atoms with Crippen molar-refractivity contribution in [1.82, 2.24) is 5.01 Å². The number of hydrogen-bond acceptors (Lipinski definition) is 5. The van der Waals surface area contributed by atoms with Crippen molar-refractivity contribution < 1.29 is 5.11 Å². The Bertz CT molecular complexity index is 551. The molecule has 2 rings (SSSR count). The Balaban J connectivity index is 2.27. The van der Waals surface area contributed by atoms with Crippen molar-refractivity contribution in [3.63, 3.8) is 0 Å². The summed E-state index contributed by atoms with van der Waals surface area (Å²) in [5, 5.41) is 17.3. The van der Waals surface area contributed by atoms with E-state index in [-0.39, 0.29) is 11.0 Å². The lowest BCUT2D eigenvalue weighted by Gasteiger charge is -2.21. The Kier molecular flexibility index (Phi) is 3.96. The number of anilines is 1. The predicted molar refractivity (Wildman–Crippen MR) is 84.2 cm³/mol. The molecule has 100 valence electrons. The van der Waals surface area contributed by atoms with Crippen LogP contribution in [0.1, 0.15) is 5.56 Å². The van der Waals surface area contributed by atoms with Crippen molar-refractivity contribution in [3.05, 3.63) is 41.1 Å². The number of aliphatic hydroxyl groups is 1. The summed E-state index contributed by atoms with van der Waals surface area (Å²) in [5.41, 5.74) is 7.55. The molecule has 0 spiro atoms. The van der Waals surface area contributed by atoms with Gasteiger partial charge in [-0.1, -0.05) is 23.9 Å². The number of hydrazone groups is 1. The maximum absolute atomic E-state index is 9.61. The van der Waals surface area contributed by atoms with Gasteiger partial charge in [0, 0.05) is 30.8 Å². The topological polar surface area (TPSA) is 65.1 Å². The summed E-state index contributed by atoms with van der Waals surface area (Å²) in [6, 6.07) is 7.94. The van der Waals surface area contributed by atoms with Crippen LogP contribution in [0.5, 0.6) is 0 Å². The third-order valence-electron chi connectivity index (χ3n) is 2.52.